The zero-order valence-corrected chi connectivity index (χ0v) is 24.0. The van der Waals surface area contributed by atoms with E-state index in [1.807, 2.05) is 0 Å². The predicted octanol–water partition coefficient (Wildman–Crippen LogP) is 2.43. The monoisotopic (exact) mass is 656 g/mol. The molecule has 0 saturated carbocycles. The summed E-state index contributed by atoms with van der Waals surface area (Å²) in [5.74, 6) is -2.16. The van der Waals surface area contributed by atoms with Gasteiger partial charge < -0.3 is 15.6 Å². The summed E-state index contributed by atoms with van der Waals surface area (Å²) in [6.45, 7) is 0. The van der Waals surface area contributed by atoms with Gasteiger partial charge in [0.2, 0.25) is 0 Å². The summed E-state index contributed by atoms with van der Waals surface area (Å²) < 4.78 is 106. The van der Waals surface area contributed by atoms with Crippen molar-refractivity contribution in [3.63, 3.8) is 0 Å². The van der Waals surface area contributed by atoms with Crippen LogP contribution in [0.15, 0.2) is 90.4 Å². The van der Waals surface area contributed by atoms with Crippen LogP contribution in [0, 0.1) is 0 Å². The minimum atomic E-state index is -5.37. The van der Waals surface area contributed by atoms with Gasteiger partial charge in [-0.2, -0.15) is 29.2 Å². The van der Waals surface area contributed by atoms with Gasteiger partial charge in [-0.15, -0.1) is 0 Å². The summed E-state index contributed by atoms with van der Waals surface area (Å²) in [6, 6.07) is 15.5. The summed E-state index contributed by atoms with van der Waals surface area (Å²) in [4.78, 5) is 17.1. The van der Waals surface area contributed by atoms with E-state index in [4.69, 9.17) is 0 Å². The Balaban J connectivity index is 1.60. The zero-order chi connectivity index (χ0) is 31.2. The molecule has 0 radical (unpaired) electrons. The van der Waals surface area contributed by atoms with Gasteiger partial charge in [-0.1, -0.05) is 48.5 Å². The van der Waals surface area contributed by atoms with Crippen LogP contribution in [0.4, 0.5) is 23.3 Å². The Kier molecular flexibility index (Phi) is 5.85. The molecule has 2 aromatic heterocycles. The number of benzene rings is 2. The van der Waals surface area contributed by atoms with Crippen molar-refractivity contribution < 1.29 is 38.9 Å². The second-order valence-corrected chi connectivity index (χ2v) is 13.4. The highest BCUT2D eigenvalue weighted by atomic mass is 32.2. The highest BCUT2D eigenvalue weighted by Crippen LogP contribution is 2.40. The number of H-pyrrole nitrogens is 1. The van der Waals surface area contributed by atoms with E-state index in [2.05, 4.69) is 35.6 Å². The molecule has 20 heteroatoms. The molecule has 0 atom stereocenters. The van der Waals surface area contributed by atoms with Gasteiger partial charge in [0.15, 0.2) is 39.0 Å². The fourth-order valence-corrected chi connectivity index (χ4v) is 7.65. The van der Waals surface area contributed by atoms with Gasteiger partial charge in [-0.3, -0.25) is 13.7 Å². The summed E-state index contributed by atoms with van der Waals surface area (Å²) in [7, 11) is -15.7. The Morgan fingerprint density at radius 1 is 0.591 bits per heavy atom. The van der Waals surface area contributed by atoms with Crippen LogP contribution in [0.2, 0.25) is 0 Å². The number of aromatic amines is 1. The fraction of sp³-hybridized carbons (Fsp3) is 0. The Morgan fingerprint density at radius 3 is 1.75 bits per heavy atom. The van der Waals surface area contributed by atoms with E-state index in [1.165, 1.54) is 18.2 Å². The van der Waals surface area contributed by atoms with E-state index < -0.39 is 52.0 Å². The lowest BCUT2D eigenvalue weighted by Gasteiger charge is -2.10. The summed E-state index contributed by atoms with van der Waals surface area (Å²) in [5, 5.41) is 6.05. The van der Waals surface area contributed by atoms with Crippen molar-refractivity contribution in [3.05, 3.63) is 81.6 Å². The molecule has 0 spiro atoms. The number of aliphatic imine (C=N–C) groups is 4. The topological polar surface area (TPSA) is 257 Å². The van der Waals surface area contributed by atoms with Crippen LogP contribution < -0.4 is 10.6 Å². The minimum Gasteiger partial charge on any atom is -0.328 e. The largest absolute Gasteiger partial charge is 0.366 e. The first-order chi connectivity index (χ1) is 20.7. The highest BCUT2D eigenvalue weighted by Gasteiger charge is 2.41. The number of nitrogens with one attached hydrogen (secondary N) is 3. The molecular formula is C24H16N8O9S3. The van der Waals surface area contributed by atoms with Crippen molar-refractivity contribution in [3.8, 4) is 0 Å². The molecule has 17 nitrogen and oxygen atoms in total. The molecule has 0 saturated heterocycles. The minimum absolute atomic E-state index is 0.0196. The second kappa shape index (κ2) is 9.25. The van der Waals surface area contributed by atoms with Gasteiger partial charge in [-0.25, -0.2) is 20.0 Å². The average Bonchev–Trinajstić information content (AvgIpc) is 3.68. The van der Waals surface area contributed by atoms with Crippen molar-refractivity contribution in [2.45, 2.75) is 0 Å². The Hall–Kier alpha value is -4.99. The van der Waals surface area contributed by atoms with E-state index in [9.17, 15) is 38.9 Å². The maximum atomic E-state index is 12.8. The van der Waals surface area contributed by atoms with Crippen LogP contribution >= 0.6 is 0 Å². The van der Waals surface area contributed by atoms with E-state index in [0.29, 0.717) is 20.3 Å². The number of fused-ring (bicyclic) bond motifs is 12. The van der Waals surface area contributed by atoms with Gasteiger partial charge in [0.1, 0.15) is 17.5 Å². The van der Waals surface area contributed by atoms with Crippen molar-refractivity contribution in [1.82, 2.24) is 8.96 Å². The van der Waals surface area contributed by atoms with Gasteiger partial charge in [0, 0.05) is 21.9 Å². The smallest absolute Gasteiger partial charge is 0.328 e. The molecule has 0 unspecified atom stereocenters. The number of anilines is 3. The number of rotatable bonds is 3. The molecule has 0 aliphatic carbocycles. The molecule has 4 aromatic rings. The lowest BCUT2D eigenvalue weighted by molar-refractivity contribution is 0.473. The normalized spacial score (nSPS) is 16.5. The lowest BCUT2D eigenvalue weighted by Crippen LogP contribution is -2.21. The van der Waals surface area contributed by atoms with Gasteiger partial charge in [0.05, 0.1) is 0 Å². The first-order valence-corrected chi connectivity index (χ1v) is 16.5. The van der Waals surface area contributed by atoms with E-state index in [1.54, 1.807) is 42.5 Å². The van der Waals surface area contributed by atoms with Crippen molar-refractivity contribution >= 4 is 87.9 Å². The fourth-order valence-electron chi connectivity index (χ4n) is 4.97. The van der Waals surface area contributed by atoms with Gasteiger partial charge >= 0.3 is 10.3 Å². The average molecular weight is 657 g/mol. The SMILES string of the molecule is O=S(=O)(O)C1=C(S(=O)(=O)O)C2=NC1=NC1=NC(=Nc3c4ccccc4c(n3S(=O)(=O)O)Nc3ccc([nH]3)N2)c2ccccc21. The Bertz CT molecular complexity index is 2470. The molecule has 7 rings (SSSR count). The maximum absolute atomic E-state index is 12.8. The quantitative estimate of drug-likeness (QED) is 0.175. The zero-order valence-electron chi connectivity index (χ0n) is 21.5. The van der Waals surface area contributed by atoms with E-state index >= 15 is 0 Å². The third-order valence-electron chi connectivity index (χ3n) is 6.64. The van der Waals surface area contributed by atoms with Gasteiger partial charge in [0.25, 0.3) is 20.2 Å². The van der Waals surface area contributed by atoms with Crippen molar-refractivity contribution in [1.29, 1.82) is 0 Å². The highest BCUT2D eigenvalue weighted by molar-refractivity contribution is 7.95. The Morgan fingerprint density at radius 2 is 1.14 bits per heavy atom. The number of aromatic nitrogens is 2. The summed E-state index contributed by atoms with van der Waals surface area (Å²) >= 11 is 0. The lowest BCUT2D eigenvalue weighted by atomic mass is 10.1. The number of hydrogen-bond donors (Lipinski definition) is 6. The molecule has 3 aliphatic heterocycles. The summed E-state index contributed by atoms with van der Waals surface area (Å²) in [5.41, 5.74) is 0.558. The third kappa shape index (κ3) is 4.44. The van der Waals surface area contributed by atoms with E-state index in [0.717, 1.165) is 0 Å². The molecule has 0 fully saturated rings. The predicted molar refractivity (Wildman–Crippen MR) is 161 cm³/mol. The first kappa shape index (κ1) is 27.8. The van der Waals surface area contributed by atoms with E-state index in [-0.39, 0.29) is 40.5 Å². The molecule has 224 valence electrons. The molecule has 8 bridgehead atoms. The van der Waals surface area contributed by atoms with Crippen LogP contribution in [0.1, 0.15) is 11.1 Å². The molecule has 5 heterocycles. The molecule has 2 aromatic carbocycles. The van der Waals surface area contributed by atoms with Crippen LogP contribution in [0.3, 0.4) is 0 Å². The van der Waals surface area contributed by atoms with Crippen LogP contribution in [0.25, 0.3) is 10.8 Å². The van der Waals surface area contributed by atoms with Crippen LogP contribution in [-0.4, -0.2) is 71.2 Å². The second-order valence-electron chi connectivity index (χ2n) is 9.42. The molecule has 44 heavy (non-hydrogen) atoms. The molecule has 6 N–H and O–H groups in total. The Labute approximate surface area is 247 Å². The number of nitrogens with zero attached hydrogens (tertiary/aromatic N) is 5. The molecule has 0 amide bonds. The van der Waals surface area contributed by atoms with Crippen LogP contribution in [0.5, 0.6) is 0 Å². The van der Waals surface area contributed by atoms with Crippen molar-refractivity contribution in [2.24, 2.45) is 20.0 Å². The first-order valence-electron chi connectivity index (χ1n) is 12.2. The molecule has 3 aliphatic rings. The standard InChI is InChI=1S/C24H16N8O9S3/c33-42(34,35)17-18(43(36,37)38)22-29-19-11-5-1-2-6-12(11)20(28-19)31-24-14-8-4-3-7-13(14)23(32(24)44(39,40)41)27-16-10-9-15(25-16)26-21(17)30-22/h1-10,25,27H,(H,33,34,35)(H,36,37,38)(H,39,40,41)(H,26,28,29,30,31). The number of amidine groups is 4. The van der Waals surface area contributed by atoms with Gasteiger partial charge in [-0.05, 0) is 12.1 Å². The third-order valence-corrected chi connectivity index (χ3v) is 9.41. The van der Waals surface area contributed by atoms with Crippen LogP contribution in [-0.2, 0) is 30.5 Å². The molecular weight excluding hydrogens is 641 g/mol. The summed E-state index contributed by atoms with van der Waals surface area (Å²) in [6.07, 6.45) is 0. The van der Waals surface area contributed by atoms with Crippen molar-refractivity contribution in [2.75, 3.05) is 10.6 Å². The number of hydrogen-bond acceptors (Lipinski definition) is 12. The maximum Gasteiger partial charge on any atom is 0.366 e.